The minimum absolute atomic E-state index is 0.0865. The summed E-state index contributed by atoms with van der Waals surface area (Å²) in [5.41, 5.74) is 0.638. The van der Waals surface area contributed by atoms with Gasteiger partial charge in [0.15, 0.2) is 0 Å². The fourth-order valence-corrected chi connectivity index (χ4v) is 3.46. The molecule has 2 amide bonds. The maximum atomic E-state index is 12.2. The molecule has 0 aromatic carbocycles. The van der Waals surface area contributed by atoms with Gasteiger partial charge >= 0.3 is 6.03 Å². The fourth-order valence-electron chi connectivity index (χ4n) is 2.02. The molecule has 21 heavy (non-hydrogen) atoms. The van der Waals surface area contributed by atoms with Gasteiger partial charge in [-0.25, -0.2) is 13.2 Å². The lowest BCUT2D eigenvalue weighted by Gasteiger charge is -2.33. The third-order valence-corrected chi connectivity index (χ3v) is 5.81. The minimum Gasteiger partial charge on any atom is -0.322 e. The Bertz CT molecular complexity index is 615. The molecular formula is C12H17BrN4O3S. The fraction of sp³-hybridized carbons (Fsp3) is 0.500. The highest BCUT2D eigenvalue weighted by Gasteiger charge is 2.27. The van der Waals surface area contributed by atoms with Crippen molar-refractivity contribution >= 4 is 37.7 Å². The smallest absolute Gasteiger partial charge is 0.321 e. The van der Waals surface area contributed by atoms with E-state index in [1.165, 1.54) is 4.31 Å². The van der Waals surface area contributed by atoms with E-state index in [2.05, 4.69) is 26.2 Å². The Labute approximate surface area is 132 Å². The first-order valence-corrected chi connectivity index (χ1v) is 8.97. The number of nitrogens with one attached hydrogen (secondary N) is 1. The van der Waals surface area contributed by atoms with Crippen molar-refractivity contribution in [2.75, 3.05) is 37.2 Å². The van der Waals surface area contributed by atoms with Crippen LogP contribution in [0.15, 0.2) is 22.9 Å². The zero-order valence-electron chi connectivity index (χ0n) is 11.6. The summed E-state index contributed by atoms with van der Waals surface area (Å²) < 4.78 is 25.6. The number of rotatable bonds is 3. The second-order valence-corrected chi connectivity index (χ2v) is 7.68. The molecular weight excluding hydrogens is 360 g/mol. The maximum Gasteiger partial charge on any atom is 0.321 e. The van der Waals surface area contributed by atoms with Gasteiger partial charge in [-0.1, -0.05) is 0 Å². The second kappa shape index (κ2) is 6.71. The molecule has 1 aliphatic rings. The summed E-state index contributed by atoms with van der Waals surface area (Å²) in [6.07, 6.45) is 3.19. The SMILES string of the molecule is CCS(=O)(=O)N1CCN(C(=O)Nc2ccncc2Br)CC1. The molecule has 0 spiro atoms. The predicted molar refractivity (Wildman–Crippen MR) is 83.6 cm³/mol. The highest BCUT2D eigenvalue weighted by molar-refractivity contribution is 9.10. The molecule has 0 saturated carbocycles. The quantitative estimate of drug-likeness (QED) is 0.862. The topological polar surface area (TPSA) is 82.6 Å². The first-order chi connectivity index (χ1) is 9.94. The largest absolute Gasteiger partial charge is 0.322 e. The van der Waals surface area contributed by atoms with Crippen LogP contribution in [0.25, 0.3) is 0 Å². The Morgan fingerprint density at radius 3 is 2.62 bits per heavy atom. The molecule has 0 radical (unpaired) electrons. The summed E-state index contributed by atoms with van der Waals surface area (Å²) in [5.74, 6) is 0.0865. The van der Waals surface area contributed by atoms with E-state index in [9.17, 15) is 13.2 Å². The summed E-state index contributed by atoms with van der Waals surface area (Å²) in [7, 11) is -3.18. The van der Waals surface area contributed by atoms with Crippen molar-refractivity contribution in [1.29, 1.82) is 0 Å². The Kier molecular flexibility index (Phi) is 5.17. The lowest BCUT2D eigenvalue weighted by molar-refractivity contribution is 0.184. The molecule has 0 unspecified atom stereocenters. The second-order valence-electron chi connectivity index (χ2n) is 4.57. The first kappa shape index (κ1) is 16.2. The van der Waals surface area contributed by atoms with Gasteiger partial charge in [0, 0.05) is 38.6 Å². The molecule has 9 heteroatoms. The van der Waals surface area contributed by atoms with Crippen LogP contribution >= 0.6 is 15.9 Å². The van der Waals surface area contributed by atoms with Gasteiger partial charge in [-0.05, 0) is 28.9 Å². The number of hydrogen-bond acceptors (Lipinski definition) is 4. The Morgan fingerprint density at radius 2 is 2.05 bits per heavy atom. The number of hydrogen-bond donors (Lipinski definition) is 1. The molecule has 7 nitrogen and oxygen atoms in total. The number of pyridine rings is 1. The van der Waals surface area contributed by atoms with Crippen LogP contribution in [0.3, 0.4) is 0 Å². The number of carbonyl (C=O) groups excluding carboxylic acids is 1. The van der Waals surface area contributed by atoms with E-state index in [-0.39, 0.29) is 11.8 Å². The van der Waals surface area contributed by atoms with Crippen LogP contribution in [0.2, 0.25) is 0 Å². The van der Waals surface area contributed by atoms with Crippen molar-refractivity contribution in [3.05, 3.63) is 22.9 Å². The molecule has 116 valence electrons. The monoisotopic (exact) mass is 376 g/mol. The van der Waals surface area contributed by atoms with Crippen LogP contribution < -0.4 is 5.32 Å². The van der Waals surface area contributed by atoms with Gasteiger partial charge in [-0.3, -0.25) is 4.98 Å². The van der Waals surface area contributed by atoms with Gasteiger partial charge in [0.25, 0.3) is 0 Å². The first-order valence-electron chi connectivity index (χ1n) is 6.57. The van der Waals surface area contributed by atoms with Crippen LogP contribution in [0.5, 0.6) is 0 Å². The van der Waals surface area contributed by atoms with Gasteiger partial charge in [0.2, 0.25) is 10.0 Å². The number of urea groups is 1. The third-order valence-electron chi connectivity index (χ3n) is 3.30. The molecule has 0 atom stereocenters. The highest BCUT2D eigenvalue weighted by atomic mass is 79.9. The van der Waals surface area contributed by atoms with Crippen LogP contribution in [-0.2, 0) is 10.0 Å². The van der Waals surface area contributed by atoms with Crippen LogP contribution in [0.1, 0.15) is 6.92 Å². The molecule has 2 heterocycles. The summed E-state index contributed by atoms with van der Waals surface area (Å²) in [5, 5.41) is 2.78. The van der Waals surface area contributed by atoms with Crippen molar-refractivity contribution in [1.82, 2.24) is 14.2 Å². The van der Waals surface area contributed by atoms with E-state index in [1.807, 2.05) is 0 Å². The number of piperazine rings is 1. The zero-order chi connectivity index (χ0) is 15.5. The zero-order valence-corrected chi connectivity index (χ0v) is 14.0. The van der Waals surface area contributed by atoms with E-state index < -0.39 is 10.0 Å². The predicted octanol–water partition coefficient (Wildman–Crippen LogP) is 1.34. The molecule has 0 bridgehead atoms. The van der Waals surface area contributed by atoms with Crippen LogP contribution in [0, 0.1) is 0 Å². The molecule has 1 fully saturated rings. The summed E-state index contributed by atoms with van der Waals surface area (Å²) in [6, 6.07) is 1.45. The molecule has 1 aliphatic heterocycles. The van der Waals surface area contributed by atoms with E-state index in [0.717, 1.165) is 0 Å². The van der Waals surface area contributed by atoms with Crippen molar-refractivity contribution in [2.24, 2.45) is 0 Å². The number of anilines is 1. The van der Waals surface area contributed by atoms with Crippen molar-refractivity contribution in [2.45, 2.75) is 6.92 Å². The molecule has 0 aliphatic carbocycles. The normalized spacial score (nSPS) is 16.8. The maximum absolute atomic E-state index is 12.2. The van der Waals surface area contributed by atoms with Gasteiger partial charge in [-0.15, -0.1) is 0 Å². The summed E-state index contributed by atoms with van der Waals surface area (Å²) in [4.78, 5) is 17.7. The minimum atomic E-state index is -3.18. The number of amides is 2. The average molecular weight is 377 g/mol. The molecule has 2 rings (SSSR count). The molecule has 1 saturated heterocycles. The number of sulfonamides is 1. The standard InChI is InChI=1S/C12H17BrN4O3S/c1-2-21(19,20)17-7-5-16(6-8-17)12(18)15-11-3-4-14-9-10(11)13/h3-4,9H,2,5-8H2,1H3,(H,14,15,18). The lowest BCUT2D eigenvalue weighted by atomic mass is 10.3. The van der Waals surface area contributed by atoms with Gasteiger partial charge in [0.05, 0.1) is 15.9 Å². The number of carbonyl (C=O) groups is 1. The van der Waals surface area contributed by atoms with Crippen LogP contribution in [-0.4, -0.2) is 60.6 Å². The van der Waals surface area contributed by atoms with Gasteiger partial charge in [0.1, 0.15) is 0 Å². The molecule has 1 aromatic heterocycles. The average Bonchev–Trinajstić information content (AvgIpc) is 2.49. The number of nitrogens with zero attached hydrogens (tertiary/aromatic N) is 3. The van der Waals surface area contributed by atoms with Gasteiger partial charge < -0.3 is 10.2 Å². The van der Waals surface area contributed by atoms with E-state index >= 15 is 0 Å². The summed E-state index contributed by atoms with van der Waals surface area (Å²) in [6.45, 7) is 3.05. The van der Waals surface area contributed by atoms with Crippen molar-refractivity contribution in [3.63, 3.8) is 0 Å². The van der Waals surface area contributed by atoms with E-state index in [0.29, 0.717) is 36.3 Å². The third kappa shape index (κ3) is 3.92. The molecule has 1 aromatic rings. The van der Waals surface area contributed by atoms with Crippen molar-refractivity contribution in [3.8, 4) is 0 Å². The number of aromatic nitrogens is 1. The van der Waals surface area contributed by atoms with Crippen molar-refractivity contribution < 1.29 is 13.2 Å². The molecule has 1 N–H and O–H groups in total. The Balaban J connectivity index is 1.94. The number of halogens is 1. The Morgan fingerprint density at radius 1 is 1.38 bits per heavy atom. The van der Waals surface area contributed by atoms with Gasteiger partial charge in [-0.2, -0.15) is 4.31 Å². The lowest BCUT2D eigenvalue weighted by Crippen LogP contribution is -2.51. The summed E-state index contributed by atoms with van der Waals surface area (Å²) >= 11 is 3.31. The Hall–Kier alpha value is -1.19. The van der Waals surface area contributed by atoms with E-state index in [4.69, 9.17) is 0 Å². The van der Waals surface area contributed by atoms with Crippen LogP contribution in [0.4, 0.5) is 10.5 Å². The highest BCUT2D eigenvalue weighted by Crippen LogP contribution is 2.20. The van der Waals surface area contributed by atoms with E-state index in [1.54, 1.807) is 30.3 Å².